The van der Waals surface area contributed by atoms with Gasteiger partial charge in [0.1, 0.15) is 12.2 Å². The lowest BCUT2D eigenvalue weighted by Crippen LogP contribution is -2.53. The third-order valence-electron chi connectivity index (χ3n) is 13.5. The zero-order chi connectivity index (χ0) is 48.1. The Bertz CT molecular complexity index is 1090. The van der Waals surface area contributed by atoms with E-state index in [1.165, 1.54) is 218 Å². The van der Waals surface area contributed by atoms with Gasteiger partial charge in [0.25, 0.3) is 0 Å². The monoisotopic (exact) mass is 928 g/mol. The quantitative estimate of drug-likeness (QED) is 0.0308. The summed E-state index contributed by atoms with van der Waals surface area (Å²) in [6.07, 6.45) is 69.0. The highest BCUT2D eigenvalue weighted by atomic mass is 16.3. The van der Waals surface area contributed by atoms with Gasteiger partial charge in [0.05, 0.1) is 18.8 Å². The summed E-state index contributed by atoms with van der Waals surface area (Å²) in [6, 6.07) is -1.01. The second-order valence-corrected chi connectivity index (χ2v) is 20.0. The first kappa shape index (κ1) is 64.3. The third-order valence-corrected chi connectivity index (χ3v) is 13.5. The fourth-order valence-electron chi connectivity index (χ4n) is 8.92. The van der Waals surface area contributed by atoms with Crippen LogP contribution in [0.1, 0.15) is 296 Å². The van der Waals surface area contributed by atoms with Crippen molar-refractivity contribution in [3.8, 4) is 0 Å². The van der Waals surface area contributed by atoms with E-state index < -0.39 is 36.9 Å². The number of rotatable bonds is 53. The molecule has 5 N–H and O–H groups in total. The van der Waals surface area contributed by atoms with E-state index in [9.17, 15) is 25.2 Å². The summed E-state index contributed by atoms with van der Waals surface area (Å²) in [5, 5.41) is 43.9. The maximum atomic E-state index is 12.6. The van der Waals surface area contributed by atoms with Gasteiger partial charge >= 0.3 is 0 Å². The highest BCUT2D eigenvalue weighted by molar-refractivity contribution is 5.80. The molecule has 0 saturated carbocycles. The number of unbranched alkanes of at least 4 members (excludes halogenated alkanes) is 36. The Kier molecular flexibility index (Phi) is 52.8. The normalized spacial score (nSPS) is 14.1. The molecule has 0 fully saturated rings. The summed E-state index contributed by atoms with van der Waals surface area (Å²) >= 11 is 0. The predicted octanol–water partition coefficient (Wildman–Crippen LogP) is 17.0. The van der Waals surface area contributed by atoms with Crippen LogP contribution in [-0.2, 0) is 4.79 Å². The number of hydrogen-bond donors (Lipinski definition) is 5. The second-order valence-electron chi connectivity index (χ2n) is 20.0. The Balaban J connectivity index is 3.63. The highest BCUT2D eigenvalue weighted by Gasteiger charge is 2.28. The molecule has 4 unspecified atom stereocenters. The van der Waals surface area contributed by atoms with E-state index in [0.29, 0.717) is 19.3 Å². The molecule has 6 nitrogen and oxygen atoms in total. The average Bonchev–Trinajstić information content (AvgIpc) is 3.32. The van der Waals surface area contributed by atoms with Crippen molar-refractivity contribution < 1.29 is 25.2 Å². The molecule has 0 aromatic heterocycles. The first-order valence-corrected chi connectivity index (χ1v) is 29.0. The smallest absolute Gasteiger partial charge is 0.249 e. The molecule has 0 aliphatic carbocycles. The van der Waals surface area contributed by atoms with Crippen molar-refractivity contribution in [2.24, 2.45) is 0 Å². The van der Waals surface area contributed by atoms with Crippen LogP contribution in [0.4, 0.5) is 0 Å². The van der Waals surface area contributed by atoms with Crippen molar-refractivity contribution in [1.82, 2.24) is 5.32 Å². The summed E-state index contributed by atoms with van der Waals surface area (Å²) in [5.41, 5.74) is 0. The van der Waals surface area contributed by atoms with Gasteiger partial charge in [-0.1, -0.05) is 262 Å². The average molecular weight is 929 g/mol. The van der Waals surface area contributed by atoms with Crippen LogP contribution in [0.5, 0.6) is 0 Å². The standard InChI is InChI=1S/C60H113NO5/c1-3-5-7-9-11-13-15-17-19-21-23-24-25-26-27-28-29-30-31-32-33-34-35-36-38-40-42-44-46-48-50-52-54-58(64)60(66)61-56(55-62)59(65)57(63)53-51-49-47-45-43-41-39-37-22-20-18-16-14-12-10-8-6-4-2/h23-24,26-27,37,39,45,47,56-59,62-65H,3-22,25,28-36,38,40-44,46,48-55H2,1-2H3,(H,61,66)/b24-23-,27-26-,39-37+,47-45+. The lowest BCUT2D eigenvalue weighted by molar-refractivity contribution is -0.132. The number of carbonyl (C=O) groups is 1. The molecule has 0 heterocycles. The minimum atomic E-state index is -1.29. The Labute approximate surface area is 410 Å². The fraction of sp³-hybridized carbons (Fsp3) is 0.850. The van der Waals surface area contributed by atoms with E-state index in [4.69, 9.17) is 0 Å². The summed E-state index contributed by atoms with van der Waals surface area (Å²) < 4.78 is 0. The molecule has 1 amide bonds. The molecule has 66 heavy (non-hydrogen) atoms. The van der Waals surface area contributed by atoms with Crippen LogP contribution in [0.2, 0.25) is 0 Å². The van der Waals surface area contributed by atoms with Crippen molar-refractivity contribution in [2.45, 2.75) is 321 Å². The Morgan fingerprint density at radius 1 is 0.379 bits per heavy atom. The molecule has 388 valence electrons. The second kappa shape index (κ2) is 54.2. The minimum Gasteiger partial charge on any atom is -0.394 e. The van der Waals surface area contributed by atoms with E-state index in [2.05, 4.69) is 67.8 Å². The molecule has 6 heteroatoms. The van der Waals surface area contributed by atoms with Gasteiger partial charge in [-0.15, -0.1) is 0 Å². The Hall–Kier alpha value is -1.73. The first-order valence-electron chi connectivity index (χ1n) is 29.0. The number of hydrogen-bond acceptors (Lipinski definition) is 5. The van der Waals surface area contributed by atoms with E-state index in [1.54, 1.807) is 0 Å². The Morgan fingerprint density at radius 3 is 1.05 bits per heavy atom. The van der Waals surface area contributed by atoms with Gasteiger partial charge in [0, 0.05) is 0 Å². The third kappa shape index (κ3) is 47.3. The van der Waals surface area contributed by atoms with Crippen LogP contribution < -0.4 is 5.32 Å². The van der Waals surface area contributed by atoms with Crippen LogP contribution >= 0.6 is 0 Å². The molecule has 0 aliphatic rings. The van der Waals surface area contributed by atoms with Crippen LogP contribution in [0, 0.1) is 0 Å². The first-order chi connectivity index (χ1) is 32.5. The lowest BCUT2D eigenvalue weighted by atomic mass is 10.00. The minimum absolute atomic E-state index is 0.360. The van der Waals surface area contributed by atoms with E-state index >= 15 is 0 Å². The van der Waals surface area contributed by atoms with E-state index in [-0.39, 0.29) is 0 Å². The van der Waals surface area contributed by atoms with Crippen molar-refractivity contribution in [3.05, 3.63) is 48.6 Å². The van der Waals surface area contributed by atoms with Crippen LogP contribution in [0.15, 0.2) is 48.6 Å². The van der Waals surface area contributed by atoms with Gasteiger partial charge in [-0.25, -0.2) is 0 Å². The molecule has 0 rings (SSSR count). The fourth-order valence-corrected chi connectivity index (χ4v) is 8.92. The molecule has 4 atom stereocenters. The maximum Gasteiger partial charge on any atom is 0.249 e. The summed E-state index contributed by atoms with van der Waals surface area (Å²) in [4.78, 5) is 12.6. The van der Waals surface area contributed by atoms with Crippen molar-refractivity contribution in [2.75, 3.05) is 6.61 Å². The van der Waals surface area contributed by atoms with Crippen molar-refractivity contribution >= 4 is 5.91 Å². The zero-order valence-electron chi connectivity index (χ0n) is 43.9. The van der Waals surface area contributed by atoms with Gasteiger partial charge in [-0.05, 0) is 83.5 Å². The van der Waals surface area contributed by atoms with Crippen LogP contribution in [0.25, 0.3) is 0 Å². The van der Waals surface area contributed by atoms with Crippen LogP contribution in [0.3, 0.4) is 0 Å². The largest absolute Gasteiger partial charge is 0.394 e. The molecule has 0 radical (unpaired) electrons. The number of nitrogens with one attached hydrogen (secondary N) is 1. The van der Waals surface area contributed by atoms with Gasteiger partial charge in [0.2, 0.25) is 5.91 Å². The number of aliphatic hydroxyl groups is 4. The predicted molar refractivity (Wildman–Crippen MR) is 288 cm³/mol. The molecular weight excluding hydrogens is 815 g/mol. The van der Waals surface area contributed by atoms with Crippen LogP contribution in [-0.4, -0.2) is 57.3 Å². The van der Waals surface area contributed by atoms with Crippen molar-refractivity contribution in [1.29, 1.82) is 0 Å². The number of carbonyl (C=O) groups excluding carboxylic acids is 1. The molecule has 0 aliphatic heterocycles. The number of amides is 1. The van der Waals surface area contributed by atoms with Gasteiger partial charge < -0.3 is 25.7 Å². The molecule has 0 aromatic carbocycles. The number of aliphatic hydroxyl groups excluding tert-OH is 4. The Morgan fingerprint density at radius 2 is 0.682 bits per heavy atom. The summed E-state index contributed by atoms with van der Waals surface area (Å²) in [5.74, 6) is -0.595. The van der Waals surface area contributed by atoms with E-state index in [0.717, 1.165) is 44.9 Å². The highest BCUT2D eigenvalue weighted by Crippen LogP contribution is 2.17. The van der Waals surface area contributed by atoms with Gasteiger partial charge in [0.15, 0.2) is 0 Å². The molecular formula is C60H113NO5. The maximum absolute atomic E-state index is 12.6. The van der Waals surface area contributed by atoms with E-state index in [1.807, 2.05) is 0 Å². The van der Waals surface area contributed by atoms with Crippen molar-refractivity contribution in [3.63, 3.8) is 0 Å². The van der Waals surface area contributed by atoms with Gasteiger partial charge in [-0.3, -0.25) is 4.79 Å². The molecule has 0 saturated heterocycles. The summed E-state index contributed by atoms with van der Waals surface area (Å²) in [6.45, 7) is 4.06. The molecule has 0 aromatic rings. The molecule has 0 spiro atoms. The molecule has 0 bridgehead atoms. The zero-order valence-corrected chi connectivity index (χ0v) is 43.9. The number of allylic oxidation sites excluding steroid dienone is 8. The van der Waals surface area contributed by atoms with Gasteiger partial charge in [-0.2, -0.15) is 0 Å². The lowest BCUT2D eigenvalue weighted by Gasteiger charge is -2.27. The SMILES string of the molecule is CCCCCCCCCCC/C=C\C/C=C\CCCCCCCCCCCCCCCCCCC(O)C(=O)NC(CO)C(O)C(O)CCC/C=C/CC/C=C/CCCCCCCCCCC. The summed E-state index contributed by atoms with van der Waals surface area (Å²) in [7, 11) is 0. The topological polar surface area (TPSA) is 110 Å².